The Labute approximate surface area is 145 Å². The summed E-state index contributed by atoms with van der Waals surface area (Å²) < 4.78 is 11.9. The Morgan fingerprint density at radius 3 is 2.35 bits per heavy atom. The van der Waals surface area contributed by atoms with Crippen molar-refractivity contribution in [1.82, 2.24) is 0 Å². The molecule has 0 unspecified atom stereocenters. The van der Waals surface area contributed by atoms with Crippen molar-refractivity contribution in [3.05, 3.63) is 31.6 Å². The van der Waals surface area contributed by atoms with Crippen LogP contribution in [-0.2, 0) is 0 Å². The number of unbranched alkanes of at least 4 members (excludes halogenated alkanes) is 1. The van der Waals surface area contributed by atoms with Crippen molar-refractivity contribution >= 4 is 55.1 Å². The van der Waals surface area contributed by atoms with Crippen LogP contribution in [-0.4, -0.2) is 19.8 Å². The molecule has 0 bridgehead atoms. The normalized spacial score (nSPS) is 10.2. The molecule has 112 valence electrons. The van der Waals surface area contributed by atoms with Gasteiger partial charge in [-0.3, -0.25) is 0 Å². The maximum atomic E-state index is 6.14. The fraction of sp³-hybridized carbons (Fsp3) is 0.385. The van der Waals surface area contributed by atoms with Gasteiger partial charge in [-0.25, -0.2) is 0 Å². The molecule has 0 aliphatic rings. The molecule has 1 aromatic carbocycles. The van der Waals surface area contributed by atoms with Crippen LogP contribution in [0.4, 0.5) is 0 Å². The number of rotatable bonds is 8. The molecule has 20 heavy (non-hydrogen) atoms. The second-order valence-corrected chi connectivity index (χ2v) is 7.45. The Morgan fingerprint density at radius 2 is 1.80 bits per heavy atom. The van der Waals surface area contributed by atoms with Gasteiger partial charge in [0.25, 0.3) is 0 Å². The lowest BCUT2D eigenvalue weighted by atomic mass is 10.3. The van der Waals surface area contributed by atoms with Crippen molar-refractivity contribution in [3.8, 4) is 11.5 Å². The van der Waals surface area contributed by atoms with E-state index in [1.165, 1.54) is 0 Å². The molecule has 0 aliphatic heterocycles. The highest BCUT2D eigenvalue weighted by Gasteiger charge is 2.10. The van der Waals surface area contributed by atoms with Crippen molar-refractivity contribution in [2.24, 2.45) is 5.73 Å². The summed E-state index contributed by atoms with van der Waals surface area (Å²) in [7, 11) is 0. The lowest BCUT2D eigenvalue weighted by Crippen LogP contribution is -2.04. The maximum absolute atomic E-state index is 6.14. The Balaban J connectivity index is 2.63. The molecule has 1 rings (SSSR count). The largest absolute Gasteiger partial charge is 0.490 e. The molecule has 0 heterocycles. The van der Waals surface area contributed by atoms with Gasteiger partial charge in [-0.15, -0.1) is 0 Å². The van der Waals surface area contributed by atoms with Crippen LogP contribution in [0.1, 0.15) is 12.8 Å². The molecule has 0 fully saturated rings. The van der Waals surface area contributed by atoms with Crippen molar-refractivity contribution in [1.29, 1.82) is 0 Å². The summed E-state index contributed by atoms with van der Waals surface area (Å²) in [5.41, 5.74) is 5.42. The first-order valence-electron chi connectivity index (χ1n) is 6.00. The third kappa shape index (κ3) is 6.68. The summed E-state index contributed by atoms with van der Waals surface area (Å²) in [4.78, 5) is 0. The molecular formula is C13H15Br2Cl2NO2. The third-order valence-corrected chi connectivity index (χ3v) is 3.51. The highest BCUT2D eigenvalue weighted by Crippen LogP contribution is 2.37. The first-order valence-corrected chi connectivity index (χ1v) is 8.34. The van der Waals surface area contributed by atoms with Gasteiger partial charge >= 0.3 is 0 Å². The second kappa shape index (κ2) is 9.90. The Morgan fingerprint density at radius 1 is 1.15 bits per heavy atom. The van der Waals surface area contributed by atoms with Crippen LogP contribution in [0.15, 0.2) is 21.6 Å². The molecule has 0 amide bonds. The topological polar surface area (TPSA) is 44.5 Å². The van der Waals surface area contributed by atoms with Crippen molar-refractivity contribution in [2.45, 2.75) is 12.8 Å². The van der Waals surface area contributed by atoms with E-state index < -0.39 is 0 Å². The molecule has 2 N–H and O–H groups in total. The summed E-state index contributed by atoms with van der Waals surface area (Å²) in [6.07, 6.45) is 3.59. The molecule has 0 atom stereocenters. The van der Waals surface area contributed by atoms with Crippen molar-refractivity contribution in [3.63, 3.8) is 0 Å². The van der Waals surface area contributed by atoms with Gasteiger partial charge in [0.1, 0.15) is 12.4 Å². The summed E-state index contributed by atoms with van der Waals surface area (Å²) in [6, 6.07) is 3.36. The lowest BCUT2D eigenvalue weighted by molar-refractivity contribution is 0.307. The monoisotopic (exact) mass is 445 g/mol. The number of hydrogen-bond acceptors (Lipinski definition) is 3. The fourth-order valence-corrected chi connectivity index (χ4v) is 2.22. The number of hydrogen-bond donors (Lipinski definition) is 1. The average molecular weight is 448 g/mol. The summed E-state index contributed by atoms with van der Waals surface area (Å²) in [6.45, 7) is 1.58. The SMILES string of the molecule is NCCCCOc1c(Cl)cc(OCC=C(Br)Br)cc1Cl. The minimum Gasteiger partial charge on any atom is -0.490 e. The van der Waals surface area contributed by atoms with E-state index >= 15 is 0 Å². The number of benzene rings is 1. The van der Waals surface area contributed by atoms with Crippen molar-refractivity contribution in [2.75, 3.05) is 19.8 Å². The van der Waals surface area contributed by atoms with Gasteiger partial charge in [0.2, 0.25) is 0 Å². The Bertz CT molecular complexity index is 443. The van der Waals surface area contributed by atoms with Gasteiger partial charge in [-0.1, -0.05) is 23.2 Å². The van der Waals surface area contributed by atoms with Crippen LogP contribution >= 0.6 is 55.1 Å². The van der Waals surface area contributed by atoms with E-state index in [1.54, 1.807) is 12.1 Å². The van der Waals surface area contributed by atoms with E-state index in [9.17, 15) is 0 Å². The van der Waals surface area contributed by atoms with Crippen molar-refractivity contribution < 1.29 is 9.47 Å². The van der Waals surface area contributed by atoms with Gasteiger partial charge in [-0.05, 0) is 57.3 Å². The van der Waals surface area contributed by atoms with E-state index in [-0.39, 0.29) is 0 Å². The minimum atomic E-state index is 0.398. The van der Waals surface area contributed by atoms with Crippen LogP contribution in [0, 0.1) is 0 Å². The molecule has 0 aliphatic carbocycles. The first-order chi connectivity index (χ1) is 9.54. The summed E-state index contributed by atoms with van der Waals surface area (Å²) >= 11 is 18.8. The van der Waals surface area contributed by atoms with Gasteiger partial charge in [0.15, 0.2) is 5.75 Å². The number of nitrogens with two attached hydrogens (primary N) is 1. The Kier molecular flexibility index (Phi) is 8.96. The van der Waals surface area contributed by atoms with Gasteiger partial charge in [-0.2, -0.15) is 0 Å². The highest BCUT2D eigenvalue weighted by molar-refractivity contribution is 9.28. The fourth-order valence-electron chi connectivity index (χ4n) is 1.38. The molecule has 0 saturated heterocycles. The van der Waals surface area contributed by atoms with E-state index in [2.05, 4.69) is 31.9 Å². The molecule has 0 radical (unpaired) electrons. The van der Waals surface area contributed by atoms with E-state index in [1.807, 2.05) is 6.08 Å². The smallest absolute Gasteiger partial charge is 0.156 e. The van der Waals surface area contributed by atoms with Crippen LogP contribution < -0.4 is 15.2 Å². The third-order valence-electron chi connectivity index (χ3n) is 2.30. The molecule has 0 aromatic heterocycles. The van der Waals surface area contributed by atoms with Crippen LogP contribution in [0.25, 0.3) is 0 Å². The quantitative estimate of drug-likeness (QED) is 0.562. The lowest BCUT2D eigenvalue weighted by Gasteiger charge is -2.12. The molecule has 0 saturated carbocycles. The van der Waals surface area contributed by atoms with E-state index in [4.69, 9.17) is 38.4 Å². The predicted octanol–water partition coefficient (Wildman–Crippen LogP) is 5.12. The highest BCUT2D eigenvalue weighted by atomic mass is 79.9. The van der Waals surface area contributed by atoms with Crippen LogP contribution in [0.3, 0.4) is 0 Å². The predicted molar refractivity (Wildman–Crippen MR) is 91.7 cm³/mol. The summed E-state index contributed by atoms with van der Waals surface area (Å²) in [5, 5.41) is 0.865. The Hall–Kier alpha value is 0.0600. The minimum absolute atomic E-state index is 0.398. The molecule has 0 spiro atoms. The molecule has 1 aromatic rings. The zero-order valence-electron chi connectivity index (χ0n) is 10.7. The molecule has 7 heteroatoms. The number of halogens is 4. The van der Waals surface area contributed by atoms with Gasteiger partial charge in [0.05, 0.1) is 20.0 Å². The first kappa shape index (κ1) is 18.1. The zero-order valence-corrected chi connectivity index (χ0v) is 15.4. The molecular weight excluding hydrogens is 433 g/mol. The average Bonchev–Trinajstić information content (AvgIpc) is 2.36. The second-order valence-electron chi connectivity index (χ2n) is 3.87. The van der Waals surface area contributed by atoms with Crippen LogP contribution in [0.2, 0.25) is 10.0 Å². The molecule has 3 nitrogen and oxygen atoms in total. The van der Waals surface area contributed by atoms with Gasteiger partial charge in [0, 0.05) is 12.1 Å². The zero-order chi connectivity index (χ0) is 15.0. The van der Waals surface area contributed by atoms with Crippen LogP contribution in [0.5, 0.6) is 11.5 Å². The van der Waals surface area contributed by atoms with Gasteiger partial charge < -0.3 is 15.2 Å². The standard InChI is InChI=1S/C13H15Br2Cl2NO2/c14-12(15)3-6-19-9-7-10(16)13(11(17)8-9)20-5-2-1-4-18/h3,7-8H,1-2,4-6,18H2. The maximum Gasteiger partial charge on any atom is 0.156 e. The number of ether oxygens (including phenoxy) is 2. The summed E-state index contributed by atoms with van der Waals surface area (Å²) in [5.74, 6) is 1.07. The van der Waals surface area contributed by atoms with E-state index in [0.29, 0.717) is 41.3 Å². The van der Waals surface area contributed by atoms with E-state index in [0.717, 1.165) is 16.2 Å².